The van der Waals surface area contributed by atoms with Gasteiger partial charge in [-0.1, -0.05) is 13.8 Å². The van der Waals surface area contributed by atoms with Crippen LogP contribution in [-0.4, -0.2) is 66.1 Å². The van der Waals surface area contributed by atoms with Crippen LogP contribution in [-0.2, 0) is 6.42 Å². The quantitative estimate of drug-likeness (QED) is 0.567. The van der Waals surface area contributed by atoms with Crippen LogP contribution in [0.1, 0.15) is 36.6 Å². The summed E-state index contributed by atoms with van der Waals surface area (Å²) < 4.78 is 28.6. The van der Waals surface area contributed by atoms with Crippen molar-refractivity contribution in [1.82, 2.24) is 10.2 Å². The van der Waals surface area contributed by atoms with E-state index in [-0.39, 0.29) is 6.04 Å². The summed E-state index contributed by atoms with van der Waals surface area (Å²) in [4.78, 5) is 2.34. The zero-order valence-electron chi connectivity index (χ0n) is 20.1. The topological polar surface area (TPSA) is 61.4 Å². The van der Waals surface area contributed by atoms with Crippen molar-refractivity contribution in [2.45, 2.75) is 26.3 Å². The Kier molecular flexibility index (Phi) is 8.47. The first-order valence-corrected chi connectivity index (χ1v) is 11.2. The van der Waals surface area contributed by atoms with E-state index in [1.807, 2.05) is 12.1 Å². The van der Waals surface area contributed by atoms with Crippen LogP contribution in [0.3, 0.4) is 0 Å². The molecule has 176 valence electrons. The maximum Gasteiger partial charge on any atom is 0.164 e. The van der Waals surface area contributed by atoms with Gasteiger partial charge >= 0.3 is 0 Å². The van der Waals surface area contributed by atoms with Crippen molar-refractivity contribution in [3.05, 3.63) is 41.0 Å². The number of hydrogen-bond donors (Lipinski definition) is 1. The summed E-state index contributed by atoms with van der Waals surface area (Å²) in [5, 5.41) is 3.63. The van der Waals surface area contributed by atoms with Crippen LogP contribution >= 0.6 is 0 Å². The predicted molar refractivity (Wildman–Crippen MR) is 126 cm³/mol. The largest absolute Gasteiger partial charge is 0.496 e. The lowest BCUT2D eigenvalue weighted by Crippen LogP contribution is -2.31. The van der Waals surface area contributed by atoms with E-state index in [1.165, 1.54) is 5.56 Å². The minimum absolute atomic E-state index is 0.0652. The van der Waals surface area contributed by atoms with Crippen molar-refractivity contribution in [2.75, 3.05) is 61.2 Å². The molecule has 0 spiro atoms. The number of likely N-dealkylation sites (N-methyl/N-ethyl adjacent to an activating group) is 1. The molecule has 0 aromatic heterocycles. The number of ether oxygens (including phenoxy) is 5. The highest BCUT2D eigenvalue weighted by Gasteiger charge is 2.28. The summed E-state index contributed by atoms with van der Waals surface area (Å²) in [5.41, 5.74) is 3.38. The maximum atomic E-state index is 6.18. The fourth-order valence-electron chi connectivity index (χ4n) is 4.22. The van der Waals surface area contributed by atoms with E-state index < -0.39 is 0 Å². The Balaban J connectivity index is 1.98. The van der Waals surface area contributed by atoms with Crippen molar-refractivity contribution in [1.29, 1.82) is 0 Å². The lowest BCUT2D eigenvalue weighted by atomic mass is 9.88. The number of benzene rings is 2. The van der Waals surface area contributed by atoms with E-state index in [9.17, 15) is 0 Å². The first-order chi connectivity index (χ1) is 15.6. The summed E-state index contributed by atoms with van der Waals surface area (Å²) in [5.74, 6) is 3.57. The van der Waals surface area contributed by atoms with Crippen LogP contribution in [0, 0.1) is 0 Å². The molecule has 2 aromatic rings. The van der Waals surface area contributed by atoms with Crippen LogP contribution in [0.5, 0.6) is 28.7 Å². The fraction of sp³-hybridized carbons (Fsp3) is 0.520. The molecule has 7 nitrogen and oxygen atoms in total. The Hall–Kier alpha value is -2.64. The molecule has 0 saturated carbocycles. The van der Waals surface area contributed by atoms with E-state index in [4.69, 9.17) is 23.7 Å². The second-order valence-electron chi connectivity index (χ2n) is 7.66. The molecule has 1 N–H and O–H groups in total. The van der Waals surface area contributed by atoms with Crippen molar-refractivity contribution in [3.8, 4) is 28.7 Å². The molecule has 1 aliphatic heterocycles. The van der Waals surface area contributed by atoms with Crippen molar-refractivity contribution < 1.29 is 23.7 Å². The SMILES string of the molecule is CCN(CC)CCOc1cc2c(cc1OC)CCNC2c1cc(OC)c(OC)cc1OC. The third-order valence-electron chi connectivity index (χ3n) is 6.09. The molecule has 1 heterocycles. The molecule has 0 fully saturated rings. The minimum atomic E-state index is -0.0652. The second kappa shape index (κ2) is 11.3. The molecule has 1 aliphatic rings. The highest BCUT2D eigenvalue weighted by atomic mass is 16.5. The monoisotopic (exact) mass is 444 g/mol. The molecule has 1 unspecified atom stereocenters. The van der Waals surface area contributed by atoms with Crippen LogP contribution < -0.4 is 29.0 Å². The maximum absolute atomic E-state index is 6.18. The first-order valence-electron chi connectivity index (χ1n) is 11.2. The standard InChI is InChI=1S/C25H36N2O5/c1-7-27(8-2)11-12-32-24-14-18-17(13-21(24)29-4)9-10-26-25(18)19-15-22(30-5)23(31-6)16-20(19)28-3/h13-16,25-26H,7-12H2,1-6H3. The second-order valence-corrected chi connectivity index (χ2v) is 7.66. The minimum Gasteiger partial charge on any atom is -0.496 e. The number of methoxy groups -OCH3 is 4. The van der Waals surface area contributed by atoms with Gasteiger partial charge in [0.05, 0.1) is 34.5 Å². The Morgan fingerprint density at radius 1 is 0.781 bits per heavy atom. The lowest BCUT2D eigenvalue weighted by Gasteiger charge is -2.30. The predicted octanol–water partition coefficient (Wildman–Crippen LogP) is 3.68. The number of nitrogens with one attached hydrogen (secondary N) is 1. The van der Waals surface area contributed by atoms with Gasteiger partial charge in [0, 0.05) is 24.7 Å². The summed E-state index contributed by atoms with van der Waals surface area (Å²) in [6.45, 7) is 8.66. The molecule has 0 radical (unpaired) electrons. The van der Waals surface area contributed by atoms with Crippen LogP contribution in [0.15, 0.2) is 24.3 Å². The molecule has 7 heteroatoms. The van der Waals surface area contributed by atoms with Gasteiger partial charge in [-0.3, -0.25) is 0 Å². The average molecular weight is 445 g/mol. The Morgan fingerprint density at radius 3 is 2.00 bits per heavy atom. The van der Waals surface area contributed by atoms with Gasteiger partial charge in [0.25, 0.3) is 0 Å². The van der Waals surface area contributed by atoms with Gasteiger partial charge in [-0.2, -0.15) is 0 Å². The van der Waals surface area contributed by atoms with Gasteiger partial charge in [0.15, 0.2) is 23.0 Å². The van der Waals surface area contributed by atoms with E-state index in [0.717, 1.165) is 61.0 Å². The Morgan fingerprint density at radius 2 is 1.38 bits per heavy atom. The van der Waals surface area contributed by atoms with Gasteiger partial charge in [0.1, 0.15) is 12.4 Å². The molecule has 1 atom stereocenters. The zero-order valence-corrected chi connectivity index (χ0v) is 20.1. The summed E-state index contributed by atoms with van der Waals surface area (Å²) in [6, 6.07) is 7.99. The number of rotatable bonds is 11. The van der Waals surface area contributed by atoms with E-state index >= 15 is 0 Å². The Bertz CT molecular complexity index is 898. The van der Waals surface area contributed by atoms with Crippen LogP contribution in [0.2, 0.25) is 0 Å². The zero-order chi connectivity index (χ0) is 23.1. The number of fused-ring (bicyclic) bond motifs is 1. The smallest absolute Gasteiger partial charge is 0.164 e. The van der Waals surface area contributed by atoms with Crippen molar-refractivity contribution in [2.24, 2.45) is 0 Å². The highest BCUT2D eigenvalue weighted by molar-refractivity contribution is 5.57. The Labute approximate surface area is 191 Å². The first kappa shape index (κ1) is 24.0. The van der Waals surface area contributed by atoms with Crippen LogP contribution in [0.4, 0.5) is 0 Å². The molecule has 0 saturated heterocycles. The van der Waals surface area contributed by atoms with Gasteiger partial charge in [-0.05, 0) is 48.8 Å². The fourth-order valence-corrected chi connectivity index (χ4v) is 4.22. The normalized spacial score (nSPS) is 15.3. The van der Waals surface area contributed by atoms with Crippen molar-refractivity contribution >= 4 is 0 Å². The molecule has 0 amide bonds. The van der Waals surface area contributed by atoms with Gasteiger partial charge in [0.2, 0.25) is 0 Å². The lowest BCUT2D eigenvalue weighted by molar-refractivity contribution is 0.217. The summed E-state index contributed by atoms with van der Waals surface area (Å²) in [7, 11) is 6.63. The van der Waals surface area contributed by atoms with Crippen LogP contribution in [0.25, 0.3) is 0 Å². The summed E-state index contributed by atoms with van der Waals surface area (Å²) in [6.07, 6.45) is 0.914. The van der Waals surface area contributed by atoms with Gasteiger partial charge < -0.3 is 33.9 Å². The van der Waals surface area contributed by atoms with E-state index in [2.05, 4.69) is 36.2 Å². The third-order valence-corrected chi connectivity index (χ3v) is 6.09. The molecule has 0 aliphatic carbocycles. The highest BCUT2D eigenvalue weighted by Crippen LogP contribution is 2.43. The third kappa shape index (κ3) is 5.05. The summed E-state index contributed by atoms with van der Waals surface area (Å²) >= 11 is 0. The van der Waals surface area contributed by atoms with Gasteiger partial charge in [-0.15, -0.1) is 0 Å². The average Bonchev–Trinajstić information content (AvgIpc) is 2.84. The number of hydrogen-bond acceptors (Lipinski definition) is 7. The molecule has 0 bridgehead atoms. The van der Waals surface area contributed by atoms with Gasteiger partial charge in [-0.25, -0.2) is 0 Å². The van der Waals surface area contributed by atoms with Crippen molar-refractivity contribution in [3.63, 3.8) is 0 Å². The molecular weight excluding hydrogens is 408 g/mol. The number of nitrogens with zero attached hydrogens (tertiary/aromatic N) is 1. The molecule has 32 heavy (non-hydrogen) atoms. The molecular formula is C25H36N2O5. The molecule has 2 aromatic carbocycles. The molecule has 3 rings (SSSR count). The van der Waals surface area contributed by atoms with E-state index in [1.54, 1.807) is 28.4 Å². The van der Waals surface area contributed by atoms with E-state index in [0.29, 0.717) is 18.1 Å².